The molecule has 1 heterocycles. The molecule has 0 bridgehead atoms. The van der Waals surface area contributed by atoms with Crippen LogP contribution in [0.15, 0.2) is 12.1 Å². The highest BCUT2D eigenvalue weighted by Crippen LogP contribution is 2.33. The summed E-state index contributed by atoms with van der Waals surface area (Å²) in [6.45, 7) is 3.74. The Hall–Kier alpha value is -0.230. The van der Waals surface area contributed by atoms with Gasteiger partial charge in [-0.25, -0.2) is 0 Å². The topological polar surface area (TPSA) is 41.9 Å². The lowest BCUT2D eigenvalue weighted by molar-refractivity contribution is 0.00467. The summed E-state index contributed by atoms with van der Waals surface area (Å²) in [5.74, 6) is 0.419. The van der Waals surface area contributed by atoms with Crippen molar-refractivity contribution in [1.29, 1.82) is 0 Å². The maximum Gasteiger partial charge on any atom is 0.139 e. The molecule has 0 spiro atoms. The van der Waals surface area contributed by atoms with Gasteiger partial charge in [0.2, 0.25) is 0 Å². The van der Waals surface area contributed by atoms with Gasteiger partial charge in [0, 0.05) is 25.7 Å². The first kappa shape index (κ1) is 16.1. The lowest BCUT2D eigenvalue weighted by atomic mass is 10.3. The van der Waals surface area contributed by atoms with Gasteiger partial charge in [-0.05, 0) is 6.07 Å². The highest BCUT2D eigenvalue weighted by molar-refractivity contribution is 6.43. The molecule has 1 saturated heterocycles. The highest BCUT2D eigenvalue weighted by atomic mass is 35.5. The largest absolute Gasteiger partial charge is 0.489 e. The summed E-state index contributed by atoms with van der Waals surface area (Å²) in [7, 11) is 0. The fourth-order valence-corrected chi connectivity index (χ4v) is 2.53. The van der Waals surface area contributed by atoms with Gasteiger partial charge < -0.3 is 14.6 Å². The van der Waals surface area contributed by atoms with Crippen LogP contribution in [-0.4, -0.2) is 55.6 Å². The van der Waals surface area contributed by atoms with Crippen molar-refractivity contribution < 1.29 is 14.6 Å². The third-order valence-electron chi connectivity index (χ3n) is 2.98. The van der Waals surface area contributed by atoms with Gasteiger partial charge in [-0.1, -0.05) is 34.8 Å². The molecule has 1 N–H and O–H groups in total. The zero-order valence-corrected chi connectivity index (χ0v) is 13.1. The average molecular weight is 341 g/mol. The number of aliphatic hydroxyl groups excluding tert-OH is 1. The smallest absolute Gasteiger partial charge is 0.139 e. The van der Waals surface area contributed by atoms with E-state index >= 15 is 0 Å². The molecule has 1 fully saturated rings. The second-order valence-corrected chi connectivity index (χ2v) is 5.80. The maximum absolute atomic E-state index is 9.97. The van der Waals surface area contributed by atoms with Crippen LogP contribution in [-0.2, 0) is 4.74 Å². The highest BCUT2D eigenvalue weighted by Gasteiger charge is 2.16. The van der Waals surface area contributed by atoms with Crippen molar-refractivity contribution in [2.24, 2.45) is 0 Å². The Morgan fingerprint density at radius 2 is 1.80 bits per heavy atom. The van der Waals surface area contributed by atoms with E-state index in [1.54, 1.807) is 6.07 Å². The van der Waals surface area contributed by atoms with Gasteiger partial charge in [0.1, 0.15) is 18.5 Å². The third kappa shape index (κ3) is 4.65. The second-order valence-electron chi connectivity index (χ2n) is 4.57. The molecule has 4 nitrogen and oxygen atoms in total. The van der Waals surface area contributed by atoms with Crippen LogP contribution in [0.1, 0.15) is 0 Å². The minimum atomic E-state index is -0.598. The van der Waals surface area contributed by atoms with Crippen LogP contribution in [0.5, 0.6) is 5.75 Å². The number of rotatable bonds is 5. The lowest BCUT2D eigenvalue weighted by Gasteiger charge is -2.28. The summed E-state index contributed by atoms with van der Waals surface area (Å²) in [6.07, 6.45) is -0.598. The zero-order chi connectivity index (χ0) is 14.5. The van der Waals surface area contributed by atoms with Crippen molar-refractivity contribution in [3.8, 4) is 5.75 Å². The number of hydrogen-bond acceptors (Lipinski definition) is 4. The van der Waals surface area contributed by atoms with Gasteiger partial charge in [-0.15, -0.1) is 0 Å². The Bertz CT molecular complexity index is 453. The molecule has 1 aromatic carbocycles. The average Bonchev–Trinajstić information content (AvgIpc) is 2.42. The fraction of sp³-hybridized carbons (Fsp3) is 0.538. The lowest BCUT2D eigenvalue weighted by Crippen LogP contribution is -2.42. The van der Waals surface area contributed by atoms with Crippen molar-refractivity contribution in [3.05, 3.63) is 27.2 Å². The molecule has 20 heavy (non-hydrogen) atoms. The number of morpholine rings is 1. The normalized spacial score (nSPS) is 18.0. The van der Waals surface area contributed by atoms with E-state index in [0.29, 0.717) is 40.6 Å². The number of aliphatic hydroxyl groups is 1. The number of benzene rings is 1. The van der Waals surface area contributed by atoms with Crippen LogP contribution in [0.2, 0.25) is 15.1 Å². The van der Waals surface area contributed by atoms with E-state index in [1.807, 2.05) is 0 Å². The molecule has 1 unspecified atom stereocenters. The van der Waals surface area contributed by atoms with E-state index in [2.05, 4.69) is 4.90 Å². The van der Waals surface area contributed by atoms with Crippen molar-refractivity contribution in [2.75, 3.05) is 39.5 Å². The first-order valence-corrected chi connectivity index (χ1v) is 7.45. The first-order valence-electron chi connectivity index (χ1n) is 6.32. The maximum atomic E-state index is 9.97. The number of β-amino-alcohol motifs (C(OH)–C–C–N with tert-alkyl or cyclic N) is 1. The summed E-state index contributed by atoms with van der Waals surface area (Å²) >= 11 is 17.7. The standard InChI is InChI=1S/C13H16Cl3NO3/c14-10-5-12(16)13(6-11(10)15)20-8-9(18)7-17-1-3-19-4-2-17/h5-6,9,18H,1-4,7-8H2. The van der Waals surface area contributed by atoms with Gasteiger partial charge in [0.25, 0.3) is 0 Å². The van der Waals surface area contributed by atoms with Crippen LogP contribution in [0.3, 0.4) is 0 Å². The Morgan fingerprint density at radius 1 is 1.15 bits per heavy atom. The Balaban J connectivity index is 1.83. The summed E-state index contributed by atoms with van der Waals surface area (Å²) in [5, 5.41) is 11.1. The van der Waals surface area contributed by atoms with Crippen LogP contribution in [0.4, 0.5) is 0 Å². The van der Waals surface area contributed by atoms with E-state index in [4.69, 9.17) is 44.3 Å². The quantitative estimate of drug-likeness (QED) is 0.837. The van der Waals surface area contributed by atoms with Gasteiger partial charge in [-0.2, -0.15) is 0 Å². The monoisotopic (exact) mass is 339 g/mol. The molecule has 1 aliphatic heterocycles. The molecule has 0 radical (unpaired) electrons. The van der Waals surface area contributed by atoms with Gasteiger partial charge in [0.05, 0.1) is 28.3 Å². The molecular weight excluding hydrogens is 325 g/mol. The molecule has 1 aromatic rings. The van der Waals surface area contributed by atoms with Crippen LogP contribution in [0, 0.1) is 0 Å². The van der Waals surface area contributed by atoms with E-state index < -0.39 is 6.10 Å². The molecule has 1 atom stereocenters. The minimum absolute atomic E-state index is 0.148. The van der Waals surface area contributed by atoms with Gasteiger partial charge in [0.15, 0.2) is 0 Å². The summed E-state index contributed by atoms with van der Waals surface area (Å²) in [6, 6.07) is 3.07. The van der Waals surface area contributed by atoms with Gasteiger partial charge >= 0.3 is 0 Å². The van der Waals surface area contributed by atoms with Crippen molar-refractivity contribution in [2.45, 2.75) is 6.10 Å². The molecular formula is C13H16Cl3NO3. The van der Waals surface area contributed by atoms with E-state index in [9.17, 15) is 5.11 Å². The summed E-state index contributed by atoms with van der Waals surface area (Å²) in [5.41, 5.74) is 0. The zero-order valence-electron chi connectivity index (χ0n) is 10.8. The van der Waals surface area contributed by atoms with Crippen molar-refractivity contribution >= 4 is 34.8 Å². The first-order chi connectivity index (χ1) is 9.56. The molecule has 112 valence electrons. The van der Waals surface area contributed by atoms with E-state index in [0.717, 1.165) is 13.1 Å². The predicted molar refractivity (Wildman–Crippen MR) is 80.2 cm³/mol. The molecule has 0 aromatic heterocycles. The molecule has 0 amide bonds. The third-order valence-corrected chi connectivity index (χ3v) is 4.00. The molecule has 2 rings (SSSR count). The second kappa shape index (κ2) is 7.69. The number of halogens is 3. The van der Waals surface area contributed by atoms with E-state index in [-0.39, 0.29) is 6.61 Å². The number of ether oxygens (including phenoxy) is 2. The Kier molecular flexibility index (Phi) is 6.20. The van der Waals surface area contributed by atoms with Crippen LogP contribution >= 0.6 is 34.8 Å². The van der Waals surface area contributed by atoms with Crippen LogP contribution in [0.25, 0.3) is 0 Å². The van der Waals surface area contributed by atoms with Crippen molar-refractivity contribution in [3.63, 3.8) is 0 Å². The fourth-order valence-electron chi connectivity index (χ4n) is 1.94. The molecule has 7 heteroatoms. The molecule has 0 aliphatic carbocycles. The Labute approximate surface area is 133 Å². The molecule has 0 saturated carbocycles. The summed E-state index contributed by atoms with van der Waals surface area (Å²) in [4.78, 5) is 2.13. The van der Waals surface area contributed by atoms with E-state index in [1.165, 1.54) is 6.07 Å². The van der Waals surface area contributed by atoms with Gasteiger partial charge in [-0.3, -0.25) is 4.90 Å². The summed E-state index contributed by atoms with van der Waals surface area (Å²) < 4.78 is 10.7. The number of nitrogens with zero attached hydrogens (tertiary/aromatic N) is 1. The Morgan fingerprint density at radius 3 is 2.50 bits per heavy atom. The predicted octanol–water partition coefficient (Wildman–Crippen LogP) is 2.72. The van der Waals surface area contributed by atoms with Crippen molar-refractivity contribution in [1.82, 2.24) is 4.90 Å². The van der Waals surface area contributed by atoms with Crippen LogP contribution < -0.4 is 4.74 Å². The SMILES string of the molecule is OC(COc1cc(Cl)c(Cl)cc1Cl)CN1CCOCC1. The number of hydrogen-bond donors (Lipinski definition) is 1. The molecule has 1 aliphatic rings. The minimum Gasteiger partial charge on any atom is -0.489 e.